The molecule has 1 aromatic rings. The molecule has 0 aromatic heterocycles. The van der Waals surface area contributed by atoms with E-state index in [1.165, 1.54) is 0 Å². The van der Waals surface area contributed by atoms with Crippen molar-refractivity contribution in [3.8, 4) is 0 Å². The number of carbonyl (C=O) groups is 2. The van der Waals surface area contributed by atoms with Gasteiger partial charge in [0.05, 0.1) is 5.41 Å². The second kappa shape index (κ2) is 7.31. The third-order valence-corrected chi connectivity index (χ3v) is 4.23. The van der Waals surface area contributed by atoms with Crippen molar-refractivity contribution in [3.63, 3.8) is 0 Å². The average Bonchev–Trinajstić information content (AvgIpc) is 2.44. The number of amides is 2. The molecule has 1 rings (SSSR count). The van der Waals surface area contributed by atoms with E-state index in [2.05, 4.69) is 10.6 Å². The summed E-state index contributed by atoms with van der Waals surface area (Å²) < 4.78 is 0. The van der Waals surface area contributed by atoms with Crippen molar-refractivity contribution >= 4 is 29.3 Å². The maximum Gasteiger partial charge on any atom is 0.319 e. The summed E-state index contributed by atoms with van der Waals surface area (Å²) in [6.45, 7) is 5.56. The highest BCUT2D eigenvalue weighted by Crippen LogP contribution is 2.25. The number of nitrogens with one attached hydrogen (secondary N) is 2. The topological polar surface area (TPSA) is 78.4 Å². The molecule has 0 aliphatic heterocycles. The van der Waals surface area contributed by atoms with Crippen LogP contribution in [0.4, 0.5) is 10.5 Å². The molecule has 0 fully saturated rings. The first-order chi connectivity index (χ1) is 9.84. The largest absolute Gasteiger partial charge is 0.481 e. The quantitative estimate of drug-likeness (QED) is 0.750. The van der Waals surface area contributed by atoms with Crippen molar-refractivity contribution in [2.75, 3.05) is 11.9 Å². The highest BCUT2D eigenvalue weighted by atomic mass is 35.5. The zero-order chi connectivity index (χ0) is 16.0. The van der Waals surface area contributed by atoms with Crippen molar-refractivity contribution in [2.45, 2.75) is 33.6 Å². The summed E-state index contributed by atoms with van der Waals surface area (Å²) in [5.41, 5.74) is 0.559. The Morgan fingerprint density at radius 2 is 1.90 bits per heavy atom. The third kappa shape index (κ3) is 4.36. The van der Waals surface area contributed by atoms with Gasteiger partial charge in [-0.05, 0) is 37.5 Å². The molecular formula is C15H21ClN2O3. The SMILES string of the molecule is CCC(CC)(CNC(=O)Nc1ccc(C)c(Cl)c1)C(=O)O. The number of halogens is 1. The van der Waals surface area contributed by atoms with Crippen LogP contribution in [0.1, 0.15) is 32.3 Å². The number of urea groups is 1. The van der Waals surface area contributed by atoms with Gasteiger partial charge in [-0.3, -0.25) is 4.79 Å². The molecule has 1 aromatic carbocycles. The lowest BCUT2D eigenvalue weighted by Gasteiger charge is -2.26. The molecule has 116 valence electrons. The number of hydrogen-bond donors (Lipinski definition) is 3. The van der Waals surface area contributed by atoms with Crippen LogP contribution in [-0.2, 0) is 4.79 Å². The van der Waals surface area contributed by atoms with Crippen LogP contribution in [0.5, 0.6) is 0 Å². The van der Waals surface area contributed by atoms with Crippen LogP contribution in [0, 0.1) is 12.3 Å². The van der Waals surface area contributed by atoms with Crippen LogP contribution < -0.4 is 10.6 Å². The van der Waals surface area contributed by atoms with Crippen molar-refractivity contribution in [3.05, 3.63) is 28.8 Å². The fourth-order valence-corrected chi connectivity index (χ4v) is 2.15. The summed E-state index contributed by atoms with van der Waals surface area (Å²) >= 11 is 5.98. The van der Waals surface area contributed by atoms with Crippen LogP contribution >= 0.6 is 11.6 Å². The van der Waals surface area contributed by atoms with Crippen LogP contribution in [0.15, 0.2) is 18.2 Å². The lowest BCUT2D eigenvalue weighted by Crippen LogP contribution is -2.43. The number of carboxylic acids is 1. The van der Waals surface area contributed by atoms with Crippen LogP contribution in [0.2, 0.25) is 5.02 Å². The molecule has 2 amide bonds. The molecule has 0 aliphatic rings. The lowest BCUT2D eigenvalue weighted by molar-refractivity contribution is -0.149. The van der Waals surface area contributed by atoms with Gasteiger partial charge in [0.1, 0.15) is 0 Å². The molecule has 6 heteroatoms. The Morgan fingerprint density at radius 3 is 2.38 bits per heavy atom. The first-order valence-electron chi connectivity index (χ1n) is 6.89. The van der Waals surface area contributed by atoms with Gasteiger partial charge < -0.3 is 15.7 Å². The molecule has 0 bridgehead atoms. The Hall–Kier alpha value is -1.75. The highest BCUT2D eigenvalue weighted by molar-refractivity contribution is 6.31. The Kier molecular flexibility index (Phi) is 6.03. The first-order valence-corrected chi connectivity index (χ1v) is 7.27. The molecule has 0 spiro atoms. The van der Waals surface area contributed by atoms with Crippen molar-refractivity contribution in [1.29, 1.82) is 0 Å². The molecule has 0 heterocycles. The smallest absolute Gasteiger partial charge is 0.319 e. The van der Waals surface area contributed by atoms with Gasteiger partial charge in [0, 0.05) is 17.3 Å². The van der Waals surface area contributed by atoms with Gasteiger partial charge in [0.15, 0.2) is 0 Å². The Bertz CT molecular complexity index is 528. The van der Waals surface area contributed by atoms with Gasteiger partial charge in [-0.15, -0.1) is 0 Å². The summed E-state index contributed by atoms with van der Waals surface area (Å²) in [6, 6.07) is 4.76. The second-order valence-electron chi connectivity index (χ2n) is 5.06. The lowest BCUT2D eigenvalue weighted by atomic mass is 9.82. The Morgan fingerprint density at radius 1 is 1.29 bits per heavy atom. The van der Waals surface area contributed by atoms with Crippen molar-refractivity contribution < 1.29 is 14.7 Å². The average molecular weight is 313 g/mol. The van der Waals surface area contributed by atoms with E-state index in [4.69, 9.17) is 11.6 Å². The van der Waals surface area contributed by atoms with E-state index in [9.17, 15) is 14.7 Å². The molecule has 0 saturated heterocycles. The van der Waals surface area contributed by atoms with Gasteiger partial charge in [0.2, 0.25) is 0 Å². The maximum atomic E-state index is 11.9. The molecule has 0 saturated carbocycles. The van der Waals surface area contributed by atoms with E-state index in [0.717, 1.165) is 5.56 Å². The second-order valence-corrected chi connectivity index (χ2v) is 5.47. The predicted octanol–water partition coefficient (Wildman–Crippen LogP) is 3.66. The van der Waals surface area contributed by atoms with Gasteiger partial charge in [-0.1, -0.05) is 31.5 Å². The number of hydrogen-bond acceptors (Lipinski definition) is 2. The fourth-order valence-electron chi connectivity index (χ4n) is 1.97. The third-order valence-electron chi connectivity index (χ3n) is 3.82. The minimum absolute atomic E-state index is 0.0841. The maximum absolute atomic E-state index is 11.9. The van der Waals surface area contributed by atoms with E-state index >= 15 is 0 Å². The molecule has 5 nitrogen and oxygen atoms in total. The number of rotatable bonds is 6. The molecule has 0 unspecified atom stereocenters. The number of aryl methyl sites for hydroxylation is 1. The van der Waals surface area contributed by atoms with E-state index in [1.54, 1.807) is 32.0 Å². The number of carbonyl (C=O) groups excluding carboxylic acids is 1. The normalized spacial score (nSPS) is 11.0. The van der Waals surface area contributed by atoms with Gasteiger partial charge in [-0.25, -0.2) is 4.79 Å². The summed E-state index contributed by atoms with van der Waals surface area (Å²) in [4.78, 5) is 23.2. The summed E-state index contributed by atoms with van der Waals surface area (Å²) in [7, 11) is 0. The number of benzene rings is 1. The molecule has 0 aliphatic carbocycles. The summed E-state index contributed by atoms with van der Waals surface area (Å²) in [5, 5.41) is 15.1. The van der Waals surface area contributed by atoms with Crippen LogP contribution in [0.3, 0.4) is 0 Å². The fraction of sp³-hybridized carbons (Fsp3) is 0.467. The number of anilines is 1. The first kappa shape index (κ1) is 17.3. The van der Waals surface area contributed by atoms with Gasteiger partial charge in [0.25, 0.3) is 0 Å². The Labute approximate surface area is 129 Å². The standard InChI is InChI=1S/C15H21ClN2O3/c1-4-15(5-2,13(19)20)9-17-14(21)18-11-7-6-10(3)12(16)8-11/h6-8H,4-5,9H2,1-3H3,(H,19,20)(H2,17,18,21). The predicted molar refractivity (Wildman–Crippen MR) is 83.9 cm³/mol. The number of carboxylic acid groups (broad SMARTS) is 1. The van der Waals surface area contributed by atoms with Gasteiger partial charge in [-0.2, -0.15) is 0 Å². The van der Waals surface area contributed by atoms with E-state index < -0.39 is 17.4 Å². The van der Waals surface area contributed by atoms with Gasteiger partial charge >= 0.3 is 12.0 Å². The molecule has 0 radical (unpaired) electrons. The number of aliphatic carboxylic acids is 1. The highest BCUT2D eigenvalue weighted by Gasteiger charge is 2.35. The summed E-state index contributed by atoms with van der Waals surface area (Å²) in [6.07, 6.45) is 0.908. The van der Waals surface area contributed by atoms with Crippen LogP contribution in [0.25, 0.3) is 0 Å². The Balaban J connectivity index is 2.65. The van der Waals surface area contributed by atoms with E-state index in [-0.39, 0.29) is 6.54 Å². The van der Waals surface area contributed by atoms with Crippen molar-refractivity contribution in [1.82, 2.24) is 5.32 Å². The van der Waals surface area contributed by atoms with Crippen LogP contribution in [-0.4, -0.2) is 23.7 Å². The molecule has 3 N–H and O–H groups in total. The van der Waals surface area contributed by atoms with E-state index in [1.807, 2.05) is 6.92 Å². The minimum atomic E-state index is -0.928. The molecule has 0 atom stereocenters. The zero-order valence-corrected chi connectivity index (χ0v) is 13.3. The minimum Gasteiger partial charge on any atom is -0.481 e. The van der Waals surface area contributed by atoms with E-state index in [0.29, 0.717) is 23.6 Å². The molecular weight excluding hydrogens is 292 g/mol. The van der Waals surface area contributed by atoms with Crippen molar-refractivity contribution in [2.24, 2.45) is 5.41 Å². The zero-order valence-electron chi connectivity index (χ0n) is 12.5. The molecule has 21 heavy (non-hydrogen) atoms. The monoisotopic (exact) mass is 312 g/mol. The summed E-state index contributed by atoms with van der Waals surface area (Å²) in [5.74, 6) is -0.897.